The predicted molar refractivity (Wildman–Crippen MR) is 73.7 cm³/mol. The molecule has 0 aliphatic heterocycles. The lowest BCUT2D eigenvalue weighted by Gasteiger charge is -2.01. The summed E-state index contributed by atoms with van der Waals surface area (Å²) >= 11 is 5.80. The molecule has 2 heterocycles. The van der Waals surface area contributed by atoms with Crippen LogP contribution in [0, 0.1) is 0 Å². The van der Waals surface area contributed by atoms with Crippen molar-refractivity contribution in [3.8, 4) is 0 Å². The fourth-order valence-electron chi connectivity index (χ4n) is 1.65. The Bertz CT molecular complexity index is 791. The molecule has 0 spiro atoms. The molecule has 3 aromatic rings. The third-order valence-electron chi connectivity index (χ3n) is 2.49. The molecule has 0 radical (unpaired) electrons. The summed E-state index contributed by atoms with van der Waals surface area (Å²) in [5.41, 5.74) is 6.40. The van der Waals surface area contributed by atoms with Crippen molar-refractivity contribution in [2.24, 2.45) is 0 Å². The van der Waals surface area contributed by atoms with Crippen LogP contribution < -0.4 is 16.6 Å². The smallest absolute Gasteiger partial charge is 0.278 e. The van der Waals surface area contributed by atoms with Gasteiger partial charge in [0.25, 0.3) is 5.56 Å². The number of aromatic amines is 2. The van der Waals surface area contributed by atoms with Gasteiger partial charge >= 0.3 is 0 Å². The minimum Gasteiger partial charge on any atom is -0.369 e. The maximum atomic E-state index is 11.6. The van der Waals surface area contributed by atoms with E-state index in [1.807, 2.05) is 0 Å². The van der Waals surface area contributed by atoms with Crippen molar-refractivity contribution in [1.82, 2.24) is 19.9 Å². The molecule has 8 heteroatoms. The highest BCUT2D eigenvalue weighted by atomic mass is 35.5. The topological polar surface area (TPSA) is 112 Å². The van der Waals surface area contributed by atoms with Gasteiger partial charge in [-0.25, -0.2) is 0 Å². The molecular weight excluding hydrogens is 268 g/mol. The molecule has 0 saturated heterocycles. The SMILES string of the molecule is Nc1nc2nc(Nc3ccc(Cl)cc3)[nH]c2c(=O)[nH]1. The second-order valence-corrected chi connectivity index (χ2v) is 4.30. The van der Waals surface area contributed by atoms with E-state index in [0.29, 0.717) is 11.0 Å². The number of imidazole rings is 1. The highest BCUT2D eigenvalue weighted by molar-refractivity contribution is 6.30. The second kappa shape index (κ2) is 4.29. The summed E-state index contributed by atoms with van der Waals surface area (Å²) in [6.07, 6.45) is 0. The standard InChI is InChI=1S/C11H9ClN6O/c12-5-1-3-6(4-2-5)14-11-15-7-8(17-11)16-10(13)18-9(7)19/h1-4H,(H5,13,14,15,16,17,18,19). The number of hydrogen-bond acceptors (Lipinski definition) is 5. The van der Waals surface area contributed by atoms with Gasteiger partial charge in [0.05, 0.1) is 0 Å². The van der Waals surface area contributed by atoms with E-state index < -0.39 is 0 Å². The molecule has 0 saturated carbocycles. The predicted octanol–water partition coefficient (Wildman–Crippen LogP) is 1.63. The summed E-state index contributed by atoms with van der Waals surface area (Å²) < 4.78 is 0. The molecule has 2 aromatic heterocycles. The average Bonchev–Trinajstić information content (AvgIpc) is 2.75. The zero-order valence-electron chi connectivity index (χ0n) is 9.57. The summed E-state index contributed by atoms with van der Waals surface area (Å²) in [5, 5.41) is 3.65. The Kier molecular flexibility index (Phi) is 2.60. The second-order valence-electron chi connectivity index (χ2n) is 3.87. The largest absolute Gasteiger partial charge is 0.369 e. The third kappa shape index (κ3) is 2.23. The summed E-state index contributed by atoms with van der Waals surface area (Å²) in [5.74, 6) is 0.433. The molecule has 96 valence electrons. The van der Waals surface area contributed by atoms with Gasteiger partial charge in [0.15, 0.2) is 11.2 Å². The maximum absolute atomic E-state index is 11.6. The minimum atomic E-state index is -0.362. The summed E-state index contributed by atoms with van der Waals surface area (Å²) in [6, 6.07) is 7.08. The first-order chi connectivity index (χ1) is 9.11. The van der Waals surface area contributed by atoms with Crippen molar-refractivity contribution < 1.29 is 0 Å². The van der Waals surface area contributed by atoms with Crippen LogP contribution in [0.15, 0.2) is 29.1 Å². The van der Waals surface area contributed by atoms with Gasteiger partial charge < -0.3 is 16.0 Å². The number of nitrogen functional groups attached to an aromatic ring is 1. The van der Waals surface area contributed by atoms with Crippen molar-refractivity contribution in [3.05, 3.63) is 39.6 Å². The highest BCUT2D eigenvalue weighted by Gasteiger charge is 2.08. The molecule has 0 bridgehead atoms. The van der Waals surface area contributed by atoms with Crippen molar-refractivity contribution in [1.29, 1.82) is 0 Å². The number of nitrogens with zero attached hydrogens (tertiary/aromatic N) is 2. The highest BCUT2D eigenvalue weighted by Crippen LogP contribution is 2.18. The number of halogens is 1. The molecule has 0 fully saturated rings. The van der Waals surface area contributed by atoms with Gasteiger partial charge in [-0.05, 0) is 24.3 Å². The first-order valence-electron chi connectivity index (χ1n) is 5.40. The van der Waals surface area contributed by atoms with Crippen LogP contribution in [0.2, 0.25) is 5.02 Å². The van der Waals surface area contributed by atoms with E-state index in [-0.39, 0.29) is 22.7 Å². The van der Waals surface area contributed by atoms with Crippen LogP contribution >= 0.6 is 11.6 Å². The van der Waals surface area contributed by atoms with Crippen LogP contribution in [0.5, 0.6) is 0 Å². The van der Waals surface area contributed by atoms with Crippen LogP contribution in [0.3, 0.4) is 0 Å². The molecule has 0 aliphatic carbocycles. The summed E-state index contributed by atoms with van der Waals surface area (Å²) in [7, 11) is 0. The van der Waals surface area contributed by atoms with E-state index >= 15 is 0 Å². The summed E-state index contributed by atoms with van der Waals surface area (Å²) in [4.78, 5) is 24.9. The number of H-pyrrole nitrogens is 2. The number of hydrogen-bond donors (Lipinski definition) is 4. The number of aromatic nitrogens is 4. The van der Waals surface area contributed by atoms with Gasteiger partial charge in [0.2, 0.25) is 11.9 Å². The van der Waals surface area contributed by atoms with Gasteiger partial charge in [0, 0.05) is 10.7 Å². The van der Waals surface area contributed by atoms with Crippen molar-refractivity contribution >= 4 is 40.3 Å². The van der Waals surface area contributed by atoms with Crippen LogP contribution in [0.25, 0.3) is 11.2 Å². The van der Waals surface area contributed by atoms with E-state index in [1.54, 1.807) is 24.3 Å². The normalized spacial score (nSPS) is 10.8. The van der Waals surface area contributed by atoms with E-state index in [1.165, 1.54) is 0 Å². The van der Waals surface area contributed by atoms with E-state index in [4.69, 9.17) is 17.3 Å². The number of rotatable bonds is 2. The zero-order valence-corrected chi connectivity index (χ0v) is 10.3. The number of benzene rings is 1. The van der Waals surface area contributed by atoms with Gasteiger partial charge in [0.1, 0.15) is 0 Å². The molecule has 7 nitrogen and oxygen atoms in total. The molecule has 5 N–H and O–H groups in total. The number of anilines is 3. The first kappa shape index (κ1) is 11.5. The van der Waals surface area contributed by atoms with E-state index in [9.17, 15) is 4.79 Å². The summed E-state index contributed by atoms with van der Waals surface area (Å²) in [6.45, 7) is 0. The monoisotopic (exact) mass is 276 g/mol. The molecular formula is C11H9ClN6O. The Morgan fingerprint density at radius 1 is 1.16 bits per heavy atom. The van der Waals surface area contributed by atoms with Gasteiger partial charge in [-0.1, -0.05) is 11.6 Å². The average molecular weight is 277 g/mol. The quantitative estimate of drug-likeness (QED) is 0.568. The fraction of sp³-hybridized carbons (Fsp3) is 0. The minimum absolute atomic E-state index is 0.0297. The Labute approximate surface area is 111 Å². The number of nitrogens with one attached hydrogen (secondary N) is 3. The van der Waals surface area contributed by atoms with Crippen molar-refractivity contribution in [3.63, 3.8) is 0 Å². The molecule has 0 amide bonds. The molecule has 0 unspecified atom stereocenters. The van der Waals surface area contributed by atoms with Crippen LogP contribution in [-0.4, -0.2) is 19.9 Å². The lowest BCUT2D eigenvalue weighted by atomic mass is 10.3. The third-order valence-corrected chi connectivity index (χ3v) is 2.74. The van der Waals surface area contributed by atoms with E-state index in [0.717, 1.165) is 5.69 Å². The Hall–Kier alpha value is -2.54. The first-order valence-corrected chi connectivity index (χ1v) is 5.78. The number of nitrogens with two attached hydrogens (primary N) is 1. The van der Waals surface area contributed by atoms with Crippen LogP contribution in [-0.2, 0) is 0 Å². The lowest BCUT2D eigenvalue weighted by Crippen LogP contribution is -2.10. The molecule has 19 heavy (non-hydrogen) atoms. The van der Waals surface area contributed by atoms with E-state index in [2.05, 4.69) is 25.3 Å². The zero-order chi connectivity index (χ0) is 13.4. The van der Waals surface area contributed by atoms with Crippen LogP contribution in [0.4, 0.5) is 17.6 Å². The Balaban J connectivity index is 2.00. The molecule has 1 aromatic carbocycles. The number of fused-ring (bicyclic) bond motifs is 1. The van der Waals surface area contributed by atoms with Crippen molar-refractivity contribution in [2.75, 3.05) is 11.1 Å². The Morgan fingerprint density at radius 2 is 1.89 bits per heavy atom. The fourth-order valence-corrected chi connectivity index (χ4v) is 1.78. The lowest BCUT2D eigenvalue weighted by molar-refractivity contribution is 1.17. The van der Waals surface area contributed by atoms with Gasteiger partial charge in [-0.2, -0.15) is 9.97 Å². The Morgan fingerprint density at radius 3 is 2.63 bits per heavy atom. The maximum Gasteiger partial charge on any atom is 0.278 e. The van der Waals surface area contributed by atoms with Gasteiger partial charge in [-0.3, -0.25) is 9.78 Å². The van der Waals surface area contributed by atoms with Gasteiger partial charge in [-0.15, -0.1) is 0 Å². The molecule has 0 aliphatic rings. The molecule has 3 rings (SSSR count). The van der Waals surface area contributed by atoms with Crippen molar-refractivity contribution in [2.45, 2.75) is 0 Å². The molecule has 0 atom stereocenters. The van der Waals surface area contributed by atoms with Crippen LogP contribution in [0.1, 0.15) is 0 Å².